The summed E-state index contributed by atoms with van der Waals surface area (Å²) in [6.45, 7) is 8.14. The Morgan fingerprint density at radius 2 is 1.79 bits per heavy atom. The van der Waals surface area contributed by atoms with Crippen LogP contribution in [0.15, 0.2) is 24.3 Å². The molecule has 3 N–H and O–H groups in total. The van der Waals surface area contributed by atoms with E-state index in [1.165, 1.54) is 16.9 Å². The van der Waals surface area contributed by atoms with Crippen molar-refractivity contribution in [1.82, 2.24) is 0 Å². The number of rotatable bonds is 5. The third-order valence-corrected chi connectivity index (χ3v) is 6.26. The molecule has 0 radical (unpaired) electrons. The van der Waals surface area contributed by atoms with Crippen LogP contribution in [-0.4, -0.2) is 17.9 Å². The molecule has 1 aliphatic rings. The van der Waals surface area contributed by atoms with Crippen molar-refractivity contribution in [1.29, 1.82) is 0 Å². The van der Waals surface area contributed by atoms with Crippen LogP contribution < -0.4 is 15.8 Å². The van der Waals surface area contributed by atoms with E-state index in [4.69, 9.17) is 10.5 Å². The van der Waals surface area contributed by atoms with Crippen molar-refractivity contribution in [2.24, 2.45) is 5.73 Å². The summed E-state index contributed by atoms with van der Waals surface area (Å²) in [5.41, 5.74) is 8.33. The van der Waals surface area contributed by atoms with Crippen molar-refractivity contribution in [3.63, 3.8) is 0 Å². The average molecular weight is 401 g/mol. The van der Waals surface area contributed by atoms with Crippen LogP contribution in [0.1, 0.15) is 66.9 Å². The van der Waals surface area contributed by atoms with Crippen LogP contribution in [0.2, 0.25) is 0 Å². The van der Waals surface area contributed by atoms with Crippen LogP contribution in [0.5, 0.6) is 5.75 Å². The number of anilines is 1. The van der Waals surface area contributed by atoms with Crippen LogP contribution in [0.25, 0.3) is 0 Å². The highest BCUT2D eigenvalue weighted by atomic mass is 32.1. The third kappa shape index (κ3) is 4.38. The van der Waals surface area contributed by atoms with Gasteiger partial charge < -0.3 is 15.8 Å². The molecule has 1 unspecified atom stereocenters. The predicted molar refractivity (Wildman–Crippen MR) is 113 cm³/mol. The van der Waals surface area contributed by atoms with Gasteiger partial charge in [0, 0.05) is 4.88 Å². The molecular formula is C22H28N2O3S. The van der Waals surface area contributed by atoms with Gasteiger partial charge in [0.05, 0.1) is 5.56 Å². The summed E-state index contributed by atoms with van der Waals surface area (Å²) < 4.78 is 5.79. The summed E-state index contributed by atoms with van der Waals surface area (Å²) in [4.78, 5) is 25.8. The number of nitrogens with two attached hydrogens (primary N) is 1. The smallest absolute Gasteiger partial charge is 0.265 e. The van der Waals surface area contributed by atoms with Crippen molar-refractivity contribution in [2.45, 2.75) is 64.9 Å². The molecule has 6 heteroatoms. The number of carbonyl (C=O) groups excluding carboxylic acids is 2. The molecule has 3 rings (SSSR count). The van der Waals surface area contributed by atoms with Gasteiger partial charge in [0.1, 0.15) is 10.8 Å². The zero-order valence-corrected chi connectivity index (χ0v) is 17.7. The molecule has 0 aliphatic heterocycles. The topological polar surface area (TPSA) is 81.4 Å². The molecule has 1 heterocycles. The average Bonchev–Trinajstić information content (AvgIpc) is 2.99. The first-order valence-electron chi connectivity index (χ1n) is 9.69. The van der Waals surface area contributed by atoms with Crippen molar-refractivity contribution in [3.8, 4) is 5.75 Å². The van der Waals surface area contributed by atoms with E-state index in [0.717, 1.165) is 36.1 Å². The highest BCUT2D eigenvalue weighted by molar-refractivity contribution is 7.17. The number of thiophene rings is 1. The molecule has 1 aromatic heterocycles. The van der Waals surface area contributed by atoms with Crippen molar-refractivity contribution >= 4 is 28.2 Å². The lowest BCUT2D eigenvalue weighted by atomic mass is 9.87. The normalized spacial score (nSPS) is 14.9. The monoisotopic (exact) mass is 400 g/mol. The number of hydrogen-bond donors (Lipinski definition) is 2. The molecule has 0 saturated heterocycles. The second kappa shape index (κ2) is 7.95. The molecular weight excluding hydrogens is 372 g/mol. The van der Waals surface area contributed by atoms with Gasteiger partial charge in [-0.2, -0.15) is 0 Å². The number of nitrogens with one attached hydrogen (secondary N) is 1. The molecule has 0 bridgehead atoms. The van der Waals surface area contributed by atoms with Crippen LogP contribution in [0.3, 0.4) is 0 Å². The fourth-order valence-electron chi connectivity index (χ4n) is 3.42. The van der Waals surface area contributed by atoms with Gasteiger partial charge in [-0.15, -0.1) is 11.3 Å². The summed E-state index contributed by atoms with van der Waals surface area (Å²) in [5, 5.41) is 3.40. The zero-order chi connectivity index (χ0) is 20.5. The van der Waals surface area contributed by atoms with Crippen molar-refractivity contribution in [3.05, 3.63) is 45.8 Å². The lowest BCUT2D eigenvalue weighted by Crippen LogP contribution is -2.30. The van der Waals surface area contributed by atoms with Gasteiger partial charge in [0.15, 0.2) is 6.10 Å². The van der Waals surface area contributed by atoms with E-state index in [1.54, 1.807) is 6.92 Å². The number of carbonyl (C=O) groups is 2. The fourth-order valence-corrected chi connectivity index (χ4v) is 4.72. The van der Waals surface area contributed by atoms with Gasteiger partial charge in [-0.25, -0.2) is 0 Å². The number of ether oxygens (including phenoxy) is 1. The maximum absolute atomic E-state index is 12.6. The molecule has 1 aliphatic carbocycles. The van der Waals surface area contributed by atoms with Gasteiger partial charge in [-0.05, 0) is 61.3 Å². The molecule has 0 spiro atoms. The Kier molecular flexibility index (Phi) is 5.79. The predicted octanol–water partition coefficient (Wildman–Crippen LogP) is 4.43. The summed E-state index contributed by atoms with van der Waals surface area (Å²) in [5.74, 6) is -0.140. The van der Waals surface area contributed by atoms with Gasteiger partial charge in [0.2, 0.25) is 0 Å². The molecule has 1 aromatic carbocycles. The first-order valence-corrected chi connectivity index (χ1v) is 10.5. The van der Waals surface area contributed by atoms with E-state index in [9.17, 15) is 9.59 Å². The van der Waals surface area contributed by atoms with E-state index in [-0.39, 0.29) is 11.3 Å². The Bertz CT molecular complexity index is 878. The number of aryl methyl sites for hydroxylation is 1. The maximum atomic E-state index is 12.6. The maximum Gasteiger partial charge on any atom is 0.265 e. The van der Waals surface area contributed by atoms with Gasteiger partial charge in [-0.1, -0.05) is 32.9 Å². The number of amides is 2. The van der Waals surface area contributed by atoms with Gasteiger partial charge in [0.25, 0.3) is 11.8 Å². The van der Waals surface area contributed by atoms with E-state index in [2.05, 4.69) is 26.1 Å². The fraction of sp³-hybridized carbons (Fsp3) is 0.455. The molecule has 150 valence electrons. The van der Waals surface area contributed by atoms with E-state index in [0.29, 0.717) is 16.3 Å². The lowest BCUT2D eigenvalue weighted by molar-refractivity contribution is -0.122. The van der Waals surface area contributed by atoms with Crippen LogP contribution in [-0.2, 0) is 23.1 Å². The standard InChI is InChI=1S/C22H28N2O3S/c1-13(27-15-11-9-14(10-12-15)22(2,3)4)20(26)24-21-18(19(23)25)16-7-5-6-8-17(16)28-21/h9-13H,5-8H2,1-4H3,(H2,23,25)(H,24,26). The Morgan fingerprint density at radius 3 is 2.39 bits per heavy atom. The summed E-state index contributed by atoms with van der Waals surface area (Å²) >= 11 is 1.46. The quantitative estimate of drug-likeness (QED) is 0.779. The molecule has 2 aromatic rings. The Balaban J connectivity index is 1.71. The Hall–Kier alpha value is -2.34. The van der Waals surface area contributed by atoms with Gasteiger partial charge >= 0.3 is 0 Å². The lowest BCUT2D eigenvalue weighted by Gasteiger charge is -2.20. The minimum Gasteiger partial charge on any atom is -0.481 e. The SMILES string of the molecule is CC(Oc1ccc(C(C)(C)C)cc1)C(=O)Nc1sc2c(c1C(N)=O)CCCC2. The molecule has 0 saturated carbocycles. The first kappa shape index (κ1) is 20.4. The summed E-state index contributed by atoms with van der Waals surface area (Å²) in [6.07, 6.45) is 3.22. The minimum absolute atomic E-state index is 0.0605. The number of hydrogen-bond acceptors (Lipinski definition) is 4. The Morgan fingerprint density at radius 1 is 1.14 bits per heavy atom. The zero-order valence-electron chi connectivity index (χ0n) is 16.9. The first-order chi connectivity index (χ1) is 13.2. The molecule has 2 amide bonds. The largest absolute Gasteiger partial charge is 0.481 e. The molecule has 1 atom stereocenters. The molecule has 0 fully saturated rings. The number of benzene rings is 1. The highest BCUT2D eigenvalue weighted by Gasteiger charge is 2.26. The van der Waals surface area contributed by atoms with Crippen LogP contribution >= 0.6 is 11.3 Å². The third-order valence-electron chi connectivity index (χ3n) is 5.06. The van der Waals surface area contributed by atoms with Crippen LogP contribution in [0.4, 0.5) is 5.00 Å². The van der Waals surface area contributed by atoms with Crippen LogP contribution in [0, 0.1) is 0 Å². The van der Waals surface area contributed by atoms with E-state index in [1.807, 2.05) is 24.3 Å². The summed E-state index contributed by atoms with van der Waals surface area (Å²) in [6, 6.07) is 7.78. The Labute approximate surface area is 170 Å². The van der Waals surface area contributed by atoms with Gasteiger partial charge in [-0.3, -0.25) is 9.59 Å². The summed E-state index contributed by atoms with van der Waals surface area (Å²) in [7, 11) is 0. The van der Waals surface area contributed by atoms with Crippen molar-refractivity contribution in [2.75, 3.05) is 5.32 Å². The second-order valence-electron chi connectivity index (χ2n) is 8.30. The molecule has 5 nitrogen and oxygen atoms in total. The number of fused-ring (bicyclic) bond motifs is 1. The van der Waals surface area contributed by atoms with E-state index < -0.39 is 12.0 Å². The number of primary amides is 1. The van der Waals surface area contributed by atoms with Crippen molar-refractivity contribution < 1.29 is 14.3 Å². The van der Waals surface area contributed by atoms with E-state index >= 15 is 0 Å². The molecule has 28 heavy (non-hydrogen) atoms. The minimum atomic E-state index is -0.694. The highest BCUT2D eigenvalue weighted by Crippen LogP contribution is 2.38. The second-order valence-corrected chi connectivity index (χ2v) is 9.41.